The molecule has 1 heterocycles. The lowest BCUT2D eigenvalue weighted by molar-refractivity contribution is 0.0132. The predicted molar refractivity (Wildman–Crippen MR) is 59.6 cm³/mol. The van der Waals surface area contributed by atoms with Crippen LogP contribution in [0, 0.1) is 11.3 Å². The average molecular weight is 222 g/mol. The molecule has 1 aromatic rings. The molecule has 6 nitrogen and oxygen atoms in total. The van der Waals surface area contributed by atoms with Crippen molar-refractivity contribution in [2.24, 2.45) is 0 Å². The zero-order chi connectivity index (χ0) is 12.2. The molecule has 1 atom stereocenters. The van der Waals surface area contributed by atoms with E-state index in [-0.39, 0.29) is 13.2 Å². The molecule has 1 aromatic heterocycles. The molecule has 16 heavy (non-hydrogen) atoms. The minimum Gasteiger partial charge on any atom is -0.396 e. The number of aliphatic hydroxyl groups is 2. The monoisotopic (exact) mass is 222 g/mol. The molecule has 1 rings (SSSR count). The van der Waals surface area contributed by atoms with E-state index in [1.165, 1.54) is 19.2 Å². The highest BCUT2D eigenvalue weighted by Gasteiger charge is 2.19. The summed E-state index contributed by atoms with van der Waals surface area (Å²) in [6.45, 7) is 1.24. The number of rotatable bonds is 4. The number of nitrogens with zero attached hydrogens (tertiary/aromatic N) is 2. The van der Waals surface area contributed by atoms with Crippen molar-refractivity contribution < 1.29 is 10.2 Å². The third kappa shape index (κ3) is 3.08. The van der Waals surface area contributed by atoms with Crippen molar-refractivity contribution in [3.8, 4) is 6.07 Å². The van der Waals surface area contributed by atoms with E-state index in [0.717, 1.165) is 0 Å². The summed E-state index contributed by atoms with van der Waals surface area (Å²) in [7, 11) is 0. The van der Waals surface area contributed by atoms with Crippen molar-refractivity contribution >= 4 is 11.5 Å². The summed E-state index contributed by atoms with van der Waals surface area (Å²) in [4.78, 5) is 3.94. The van der Waals surface area contributed by atoms with Crippen LogP contribution in [0.4, 0.5) is 11.5 Å². The van der Waals surface area contributed by atoms with E-state index < -0.39 is 5.60 Å². The molecular formula is C10H14N4O2. The lowest BCUT2D eigenvalue weighted by Crippen LogP contribution is -2.37. The van der Waals surface area contributed by atoms with Gasteiger partial charge in [-0.3, -0.25) is 0 Å². The number of anilines is 2. The fraction of sp³-hybridized carbons (Fsp3) is 0.400. The second-order valence-corrected chi connectivity index (χ2v) is 3.78. The zero-order valence-electron chi connectivity index (χ0n) is 8.94. The van der Waals surface area contributed by atoms with Gasteiger partial charge in [-0.25, -0.2) is 4.98 Å². The third-order valence-corrected chi connectivity index (χ3v) is 2.02. The summed E-state index contributed by atoms with van der Waals surface area (Å²) in [5.41, 5.74) is 5.11. The fourth-order valence-electron chi connectivity index (χ4n) is 1.02. The van der Waals surface area contributed by atoms with Gasteiger partial charge >= 0.3 is 0 Å². The zero-order valence-corrected chi connectivity index (χ0v) is 8.94. The van der Waals surface area contributed by atoms with Gasteiger partial charge in [-0.15, -0.1) is 0 Å². The Bertz CT molecular complexity index is 412. The molecule has 0 aromatic carbocycles. The van der Waals surface area contributed by atoms with Crippen molar-refractivity contribution in [3.63, 3.8) is 0 Å². The van der Waals surface area contributed by atoms with Gasteiger partial charge in [0.15, 0.2) is 0 Å². The Balaban J connectivity index is 2.73. The van der Waals surface area contributed by atoms with Gasteiger partial charge in [-0.1, -0.05) is 0 Å². The first-order chi connectivity index (χ1) is 7.48. The highest BCUT2D eigenvalue weighted by molar-refractivity contribution is 5.63. The molecule has 0 bridgehead atoms. The van der Waals surface area contributed by atoms with Crippen molar-refractivity contribution in [3.05, 3.63) is 17.8 Å². The van der Waals surface area contributed by atoms with Crippen LogP contribution in [0.15, 0.2) is 12.3 Å². The van der Waals surface area contributed by atoms with Crippen molar-refractivity contribution in [1.29, 1.82) is 5.26 Å². The number of nitrogen functional groups attached to an aromatic ring is 1. The van der Waals surface area contributed by atoms with Crippen LogP contribution in [-0.2, 0) is 0 Å². The summed E-state index contributed by atoms with van der Waals surface area (Å²) >= 11 is 0. The van der Waals surface area contributed by atoms with E-state index >= 15 is 0 Å². The quantitative estimate of drug-likeness (QED) is 0.555. The van der Waals surface area contributed by atoms with E-state index in [0.29, 0.717) is 17.1 Å². The minimum absolute atomic E-state index is 0.118. The summed E-state index contributed by atoms with van der Waals surface area (Å²) in [5.74, 6) is 0.382. The number of nitriles is 1. The average Bonchev–Trinajstić information content (AvgIpc) is 2.27. The Kier molecular flexibility index (Phi) is 3.66. The lowest BCUT2D eigenvalue weighted by atomic mass is 10.1. The fourth-order valence-corrected chi connectivity index (χ4v) is 1.02. The lowest BCUT2D eigenvalue weighted by Gasteiger charge is -2.21. The predicted octanol–water partition coefficient (Wildman–Crippen LogP) is -0.309. The second kappa shape index (κ2) is 4.79. The maximum atomic E-state index is 9.54. The van der Waals surface area contributed by atoms with E-state index in [1.807, 2.05) is 6.07 Å². The molecule has 5 N–H and O–H groups in total. The van der Waals surface area contributed by atoms with Crippen LogP contribution >= 0.6 is 0 Å². The largest absolute Gasteiger partial charge is 0.396 e. The van der Waals surface area contributed by atoms with Crippen molar-refractivity contribution in [2.45, 2.75) is 12.5 Å². The molecule has 6 heteroatoms. The molecule has 0 aliphatic rings. The number of pyridine rings is 1. The maximum Gasteiger partial charge on any atom is 0.149 e. The molecule has 0 saturated heterocycles. The van der Waals surface area contributed by atoms with Gasteiger partial charge < -0.3 is 21.3 Å². The molecule has 0 saturated carbocycles. The van der Waals surface area contributed by atoms with Gasteiger partial charge in [0.2, 0.25) is 0 Å². The number of nitrogens with one attached hydrogen (secondary N) is 1. The van der Waals surface area contributed by atoms with Crippen LogP contribution in [-0.4, -0.2) is 33.9 Å². The SMILES string of the molecule is CC(O)(CO)CNc1ncc(C#N)cc1N. The molecule has 86 valence electrons. The first kappa shape index (κ1) is 12.2. The summed E-state index contributed by atoms with van der Waals surface area (Å²) in [6.07, 6.45) is 1.38. The van der Waals surface area contributed by atoms with Crippen molar-refractivity contribution in [1.82, 2.24) is 4.98 Å². The standard InChI is InChI=1S/C10H14N4O2/c1-10(16,6-15)5-14-9-8(12)2-7(3-11)4-13-9/h2,4,15-16H,5-6,12H2,1H3,(H,13,14). The van der Waals surface area contributed by atoms with E-state index in [1.54, 1.807) is 0 Å². The van der Waals surface area contributed by atoms with E-state index in [2.05, 4.69) is 10.3 Å². The second-order valence-electron chi connectivity index (χ2n) is 3.78. The Morgan fingerprint density at radius 1 is 1.69 bits per heavy atom. The van der Waals surface area contributed by atoms with Crippen LogP contribution in [0.5, 0.6) is 0 Å². The number of hydrogen-bond acceptors (Lipinski definition) is 6. The van der Waals surface area contributed by atoms with Gasteiger partial charge in [0.05, 0.1) is 17.9 Å². The first-order valence-electron chi connectivity index (χ1n) is 4.71. The Morgan fingerprint density at radius 2 is 2.38 bits per heavy atom. The molecule has 0 radical (unpaired) electrons. The smallest absolute Gasteiger partial charge is 0.149 e. The number of hydrogen-bond donors (Lipinski definition) is 4. The normalized spacial score (nSPS) is 13.9. The van der Waals surface area contributed by atoms with Gasteiger partial charge in [0, 0.05) is 12.7 Å². The number of aromatic nitrogens is 1. The molecule has 0 fully saturated rings. The van der Waals surface area contributed by atoms with Crippen molar-refractivity contribution in [2.75, 3.05) is 24.2 Å². The third-order valence-electron chi connectivity index (χ3n) is 2.02. The summed E-state index contributed by atoms with van der Waals surface area (Å²) in [5, 5.41) is 29.8. The molecule has 0 amide bonds. The first-order valence-corrected chi connectivity index (χ1v) is 4.71. The van der Waals surface area contributed by atoms with Crippen LogP contribution in [0.2, 0.25) is 0 Å². The number of aliphatic hydroxyl groups excluding tert-OH is 1. The topological polar surface area (TPSA) is 115 Å². The van der Waals surface area contributed by atoms with Crippen LogP contribution in [0.25, 0.3) is 0 Å². The van der Waals surface area contributed by atoms with Gasteiger partial charge in [0.1, 0.15) is 17.5 Å². The minimum atomic E-state index is -1.23. The highest BCUT2D eigenvalue weighted by atomic mass is 16.3. The Morgan fingerprint density at radius 3 is 2.88 bits per heavy atom. The maximum absolute atomic E-state index is 9.54. The Hall–Kier alpha value is -1.84. The molecule has 0 aliphatic carbocycles. The van der Waals surface area contributed by atoms with Crippen LogP contribution in [0.1, 0.15) is 12.5 Å². The molecule has 0 spiro atoms. The van der Waals surface area contributed by atoms with Gasteiger partial charge in [-0.05, 0) is 13.0 Å². The summed E-state index contributed by atoms with van der Waals surface area (Å²) < 4.78 is 0. The van der Waals surface area contributed by atoms with Gasteiger partial charge in [-0.2, -0.15) is 5.26 Å². The number of nitrogens with two attached hydrogens (primary N) is 1. The molecule has 0 aliphatic heterocycles. The highest BCUT2D eigenvalue weighted by Crippen LogP contribution is 2.16. The van der Waals surface area contributed by atoms with E-state index in [4.69, 9.17) is 16.1 Å². The van der Waals surface area contributed by atoms with Gasteiger partial charge in [0.25, 0.3) is 0 Å². The summed E-state index contributed by atoms with van der Waals surface area (Å²) in [6, 6.07) is 3.41. The van der Waals surface area contributed by atoms with Crippen LogP contribution < -0.4 is 11.1 Å². The van der Waals surface area contributed by atoms with E-state index in [9.17, 15) is 5.11 Å². The Labute approximate surface area is 93.3 Å². The molecular weight excluding hydrogens is 208 g/mol. The molecule has 1 unspecified atom stereocenters. The van der Waals surface area contributed by atoms with Crippen LogP contribution in [0.3, 0.4) is 0 Å².